The number of nitrogens with zero attached hydrogens (tertiary/aromatic N) is 1. The van der Waals surface area contributed by atoms with E-state index in [0.29, 0.717) is 19.7 Å². The number of nitrogen functional groups attached to an aromatic ring is 1. The van der Waals surface area contributed by atoms with Gasteiger partial charge in [-0.2, -0.15) is 0 Å². The van der Waals surface area contributed by atoms with E-state index in [4.69, 9.17) is 22.1 Å². The second-order valence-electron chi connectivity index (χ2n) is 4.97. The number of carbonyl (C=O) groups excluding carboxylic acids is 1. The number of hydrogen-bond acceptors (Lipinski definition) is 4. The normalized spacial score (nSPS) is 18.5. The summed E-state index contributed by atoms with van der Waals surface area (Å²) in [6.45, 7) is 1.28. The minimum atomic E-state index is -0.682. The number of halogens is 2. The lowest BCUT2D eigenvalue weighted by Crippen LogP contribution is -2.42. The average Bonchev–Trinajstić information content (AvgIpc) is 3.05. The molecular formula is C15H14ClFN2O2S. The molecule has 1 unspecified atom stereocenters. The molecule has 22 heavy (non-hydrogen) atoms. The third-order valence-corrected chi connectivity index (χ3v) is 4.72. The molecule has 7 heteroatoms. The van der Waals surface area contributed by atoms with Gasteiger partial charge in [-0.3, -0.25) is 4.79 Å². The Balaban J connectivity index is 1.83. The van der Waals surface area contributed by atoms with Crippen molar-refractivity contribution in [2.75, 3.05) is 25.4 Å². The van der Waals surface area contributed by atoms with E-state index < -0.39 is 5.82 Å². The number of carbonyl (C=O) groups is 1. The van der Waals surface area contributed by atoms with E-state index in [2.05, 4.69) is 0 Å². The lowest BCUT2D eigenvalue weighted by molar-refractivity contribution is -0.0211. The number of rotatable bonds is 2. The smallest absolute Gasteiger partial charge is 0.256 e. The number of anilines is 1. The van der Waals surface area contributed by atoms with Crippen molar-refractivity contribution >= 4 is 34.5 Å². The first-order valence-corrected chi connectivity index (χ1v) is 8.01. The number of morpholine rings is 1. The van der Waals surface area contributed by atoms with E-state index in [-0.39, 0.29) is 28.3 Å². The number of benzene rings is 1. The van der Waals surface area contributed by atoms with Gasteiger partial charge < -0.3 is 15.4 Å². The molecule has 1 aliphatic rings. The van der Waals surface area contributed by atoms with Gasteiger partial charge in [0.25, 0.3) is 5.91 Å². The predicted molar refractivity (Wildman–Crippen MR) is 84.7 cm³/mol. The molecular weight excluding hydrogens is 327 g/mol. The summed E-state index contributed by atoms with van der Waals surface area (Å²) in [5.74, 6) is -1.01. The summed E-state index contributed by atoms with van der Waals surface area (Å²) in [6, 6.07) is 6.41. The highest BCUT2D eigenvalue weighted by Gasteiger charge is 2.28. The summed E-state index contributed by atoms with van der Waals surface area (Å²) in [4.78, 5) is 15.3. The van der Waals surface area contributed by atoms with Crippen molar-refractivity contribution in [1.29, 1.82) is 0 Å². The zero-order valence-corrected chi connectivity index (χ0v) is 13.2. The maximum atomic E-state index is 13.7. The predicted octanol–water partition coefficient (Wildman–Crippen LogP) is 3.34. The Morgan fingerprint density at radius 2 is 2.32 bits per heavy atom. The van der Waals surface area contributed by atoms with Crippen LogP contribution in [0.2, 0.25) is 5.02 Å². The highest BCUT2D eigenvalue weighted by atomic mass is 35.5. The molecule has 4 nitrogen and oxygen atoms in total. The van der Waals surface area contributed by atoms with Gasteiger partial charge in [0.2, 0.25) is 0 Å². The van der Waals surface area contributed by atoms with Crippen molar-refractivity contribution in [3.63, 3.8) is 0 Å². The maximum absolute atomic E-state index is 13.7. The number of hydrogen-bond donors (Lipinski definition) is 1. The standard InChI is InChI=1S/C15H14ClFN2O2S/c16-9-6-10(14(18)11(17)7-9)15(20)19-3-4-21-12(8-19)13-2-1-5-22-13/h1-2,5-7,12H,3-4,8,18H2. The monoisotopic (exact) mass is 340 g/mol. The molecule has 116 valence electrons. The molecule has 0 bridgehead atoms. The van der Waals surface area contributed by atoms with E-state index in [1.165, 1.54) is 6.07 Å². The molecule has 1 atom stereocenters. The van der Waals surface area contributed by atoms with Gasteiger partial charge in [0.1, 0.15) is 11.9 Å². The van der Waals surface area contributed by atoms with Crippen molar-refractivity contribution in [1.82, 2.24) is 4.90 Å². The fourth-order valence-electron chi connectivity index (χ4n) is 2.41. The van der Waals surface area contributed by atoms with E-state index in [9.17, 15) is 9.18 Å². The van der Waals surface area contributed by atoms with Crippen molar-refractivity contribution < 1.29 is 13.9 Å². The minimum absolute atomic E-state index is 0.0943. The number of thiophene rings is 1. The largest absolute Gasteiger partial charge is 0.396 e. The molecule has 0 spiro atoms. The van der Waals surface area contributed by atoms with Crippen molar-refractivity contribution in [3.05, 3.63) is 50.9 Å². The van der Waals surface area contributed by atoms with Crippen molar-refractivity contribution in [3.8, 4) is 0 Å². The summed E-state index contributed by atoms with van der Waals surface area (Å²) >= 11 is 7.40. The molecule has 3 rings (SSSR count). The molecule has 1 aromatic carbocycles. The lowest BCUT2D eigenvalue weighted by Gasteiger charge is -2.32. The van der Waals surface area contributed by atoms with Crippen LogP contribution in [0.25, 0.3) is 0 Å². The third-order valence-electron chi connectivity index (χ3n) is 3.54. The lowest BCUT2D eigenvalue weighted by atomic mass is 10.1. The Hall–Kier alpha value is -1.63. The Kier molecular flexibility index (Phi) is 4.33. The molecule has 2 heterocycles. The first-order chi connectivity index (χ1) is 10.6. The Morgan fingerprint density at radius 1 is 1.50 bits per heavy atom. The van der Waals surface area contributed by atoms with Crippen molar-refractivity contribution in [2.24, 2.45) is 0 Å². The van der Waals surface area contributed by atoms with Gasteiger partial charge in [0.15, 0.2) is 0 Å². The first-order valence-electron chi connectivity index (χ1n) is 6.75. The summed E-state index contributed by atoms with van der Waals surface area (Å²) < 4.78 is 19.4. The summed E-state index contributed by atoms with van der Waals surface area (Å²) in [7, 11) is 0. The molecule has 0 radical (unpaired) electrons. The van der Waals surface area contributed by atoms with Gasteiger partial charge in [-0.25, -0.2) is 4.39 Å². The minimum Gasteiger partial charge on any atom is -0.396 e. The van der Waals surface area contributed by atoms with Gasteiger partial charge in [-0.1, -0.05) is 17.7 Å². The molecule has 2 N–H and O–H groups in total. The van der Waals surface area contributed by atoms with Crippen LogP contribution < -0.4 is 5.73 Å². The van der Waals surface area contributed by atoms with Gasteiger partial charge >= 0.3 is 0 Å². The number of amides is 1. The van der Waals surface area contributed by atoms with Crippen LogP contribution in [-0.2, 0) is 4.74 Å². The Morgan fingerprint density at radius 3 is 3.05 bits per heavy atom. The zero-order valence-electron chi connectivity index (χ0n) is 11.6. The van der Waals surface area contributed by atoms with E-state index >= 15 is 0 Å². The average molecular weight is 341 g/mol. The van der Waals surface area contributed by atoms with Crippen LogP contribution in [0.5, 0.6) is 0 Å². The van der Waals surface area contributed by atoms with E-state index in [0.717, 1.165) is 10.9 Å². The summed E-state index contributed by atoms with van der Waals surface area (Å²) in [6.07, 6.45) is -0.164. The first kappa shape index (κ1) is 15.3. The molecule has 0 aliphatic carbocycles. The van der Waals surface area contributed by atoms with Gasteiger partial charge in [0, 0.05) is 16.4 Å². The molecule has 0 saturated carbocycles. The number of ether oxygens (including phenoxy) is 1. The van der Waals surface area contributed by atoms with Gasteiger partial charge in [-0.15, -0.1) is 11.3 Å². The summed E-state index contributed by atoms with van der Waals surface area (Å²) in [5, 5.41) is 2.11. The molecule has 1 aliphatic heterocycles. The van der Waals surface area contributed by atoms with E-state index in [1.807, 2.05) is 17.5 Å². The third kappa shape index (κ3) is 2.95. The molecule has 1 fully saturated rings. The molecule has 2 aromatic rings. The fourth-order valence-corrected chi connectivity index (χ4v) is 3.38. The van der Waals surface area contributed by atoms with Crippen LogP contribution in [0.4, 0.5) is 10.1 Å². The second-order valence-corrected chi connectivity index (χ2v) is 6.39. The van der Waals surface area contributed by atoms with Crippen LogP contribution >= 0.6 is 22.9 Å². The molecule has 1 saturated heterocycles. The summed E-state index contributed by atoms with van der Waals surface area (Å²) in [5.41, 5.74) is 5.60. The highest BCUT2D eigenvalue weighted by Crippen LogP contribution is 2.29. The van der Waals surface area contributed by atoms with Crippen molar-refractivity contribution in [2.45, 2.75) is 6.10 Å². The van der Waals surface area contributed by atoms with Crippen LogP contribution in [0, 0.1) is 5.82 Å². The second kappa shape index (κ2) is 6.24. The molecule has 1 aromatic heterocycles. The molecule has 1 amide bonds. The van der Waals surface area contributed by atoms with Crippen LogP contribution in [-0.4, -0.2) is 30.5 Å². The Labute approximate surface area is 136 Å². The number of nitrogens with two attached hydrogens (primary N) is 1. The topological polar surface area (TPSA) is 55.6 Å². The van der Waals surface area contributed by atoms with Crippen LogP contribution in [0.1, 0.15) is 21.3 Å². The quantitative estimate of drug-likeness (QED) is 0.853. The fraction of sp³-hybridized carbons (Fsp3) is 0.267. The van der Waals surface area contributed by atoms with E-state index in [1.54, 1.807) is 16.2 Å². The van der Waals surface area contributed by atoms with Crippen LogP contribution in [0.3, 0.4) is 0 Å². The Bertz CT molecular complexity index is 693. The maximum Gasteiger partial charge on any atom is 0.256 e. The van der Waals surface area contributed by atoms with Gasteiger partial charge in [-0.05, 0) is 23.6 Å². The van der Waals surface area contributed by atoms with Crippen LogP contribution in [0.15, 0.2) is 29.6 Å². The zero-order chi connectivity index (χ0) is 15.7. The highest BCUT2D eigenvalue weighted by molar-refractivity contribution is 7.10. The van der Waals surface area contributed by atoms with Gasteiger partial charge in [0.05, 0.1) is 24.4 Å². The SMILES string of the molecule is Nc1c(F)cc(Cl)cc1C(=O)N1CCOC(c2cccs2)C1.